The van der Waals surface area contributed by atoms with E-state index in [4.69, 9.17) is 9.15 Å². The Morgan fingerprint density at radius 2 is 1.89 bits per heavy atom. The molecule has 1 heterocycles. The maximum atomic E-state index is 12.1. The summed E-state index contributed by atoms with van der Waals surface area (Å²) < 4.78 is 10.8. The molecule has 4 nitrogen and oxygen atoms in total. The van der Waals surface area contributed by atoms with Gasteiger partial charge in [-0.1, -0.05) is 26.0 Å². The van der Waals surface area contributed by atoms with Crippen molar-refractivity contribution < 1.29 is 14.1 Å². The molecule has 1 aromatic heterocycles. The molecule has 0 saturated heterocycles. The van der Waals surface area contributed by atoms with Crippen LogP contribution in [0.2, 0.25) is 0 Å². The summed E-state index contributed by atoms with van der Waals surface area (Å²) in [5, 5.41) is 1.04. The lowest BCUT2D eigenvalue weighted by atomic mass is 9.95. The minimum atomic E-state index is -0.289. The van der Waals surface area contributed by atoms with Crippen LogP contribution in [0.1, 0.15) is 42.0 Å². The van der Waals surface area contributed by atoms with E-state index in [9.17, 15) is 4.79 Å². The van der Waals surface area contributed by atoms with Gasteiger partial charge >= 0.3 is 5.63 Å². The second kappa shape index (κ2) is 7.97. The highest BCUT2D eigenvalue weighted by molar-refractivity contribution is 5.82. The van der Waals surface area contributed by atoms with Crippen molar-refractivity contribution in [3.63, 3.8) is 0 Å². The number of rotatable bonds is 6. The van der Waals surface area contributed by atoms with Crippen LogP contribution in [0.4, 0.5) is 0 Å². The Labute approximate surface area is 160 Å². The third-order valence-corrected chi connectivity index (χ3v) is 4.97. The van der Waals surface area contributed by atoms with Crippen molar-refractivity contribution in [2.45, 2.75) is 39.8 Å². The molecular weight excluding hydrogens is 338 g/mol. The SMILES string of the molecule is COc1cccc(C[NH+](C)Cc2cc(=O)oc3cc(C)c(C(C)C)cc23)c1. The van der Waals surface area contributed by atoms with E-state index < -0.39 is 0 Å². The maximum Gasteiger partial charge on any atom is 0.336 e. The van der Waals surface area contributed by atoms with Crippen molar-refractivity contribution in [3.05, 3.63) is 75.1 Å². The molecule has 2 aromatic carbocycles. The van der Waals surface area contributed by atoms with Crippen molar-refractivity contribution in [1.29, 1.82) is 0 Å². The molecule has 142 valence electrons. The van der Waals surface area contributed by atoms with E-state index in [-0.39, 0.29) is 5.63 Å². The molecule has 1 N–H and O–H groups in total. The summed E-state index contributed by atoms with van der Waals surface area (Å²) in [5.41, 5.74) is 5.08. The summed E-state index contributed by atoms with van der Waals surface area (Å²) in [6.45, 7) is 8.05. The number of quaternary nitrogens is 1. The normalized spacial score (nSPS) is 12.5. The highest BCUT2D eigenvalue weighted by Gasteiger charge is 2.14. The van der Waals surface area contributed by atoms with Crippen LogP contribution < -0.4 is 15.3 Å². The summed E-state index contributed by atoms with van der Waals surface area (Å²) in [4.78, 5) is 13.4. The fourth-order valence-electron chi connectivity index (χ4n) is 3.68. The van der Waals surface area contributed by atoms with Crippen molar-refractivity contribution in [2.24, 2.45) is 0 Å². The van der Waals surface area contributed by atoms with Crippen LogP contribution in [0.5, 0.6) is 5.75 Å². The van der Waals surface area contributed by atoms with Gasteiger partial charge in [-0.3, -0.25) is 0 Å². The standard InChI is InChI=1S/C23H27NO3/c1-15(2)20-12-21-18(11-23(25)27-22(21)9-16(20)3)14-24(4)13-17-7-6-8-19(10-17)26-5/h6-12,15H,13-14H2,1-5H3/p+1. The van der Waals surface area contributed by atoms with E-state index in [1.54, 1.807) is 13.2 Å². The Kier molecular flexibility index (Phi) is 5.66. The molecule has 0 saturated carbocycles. The van der Waals surface area contributed by atoms with Crippen LogP contribution >= 0.6 is 0 Å². The topological polar surface area (TPSA) is 43.9 Å². The summed E-state index contributed by atoms with van der Waals surface area (Å²) in [6.07, 6.45) is 0. The molecule has 0 fully saturated rings. The first-order valence-corrected chi connectivity index (χ1v) is 9.39. The third kappa shape index (κ3) is 4.40. The molecule has 0 aliphatic heterocycles. The zero-order chi connectivity index (χ0) is 19.6. The Morgan fingerprint density at radius 1 is 1.11 bits per heavy atom. The van der Waals surface area contributed by atoms with Gasteiger partial charge in [0.2, 0.25) is 0 Å². The summed E-state index contributed by atoms with van der Waals surface area (Å²) in [6, 6.07) is 13.9. The summed E-state index contributed by atoms with van der Waals surface area (Å²) >= 11 is 0. The fourth-order valence-corrected chi connectivity index (χ4v) is 3.68. The van der Waals surface area contributed by atoms with Gasteiger partial charge in [0.1, 0.15) is 24.4 Å². The molecule has 0 radical (unpaired) electrons. The number of hydrogen-bond donors (Lipinski definition) is 1. The van der Waals surface area contributed by atoms with E-state index in [0.717, 1.165) is 35.4 Å². The number of benzene rings is 2. The van der Waals surface area contributed by atoms with Crippen molar-refractivity contribution in [3.8, 4) is 5.75 Å². The smallest absolute Gasteiger partial charge is 0.336 e. The Hall–Kier alpha value is -2.59. The highest BCUT2D eigenvalue weighted by Crippen LogP contribution is 2.26. The van der Waals surface area contributed by atoms with Crippen LogP contribution in [-0.2, 0) is 13.1 Å². The van der Waals surface area contributed by atoms with Gasteiger partial charge in [-0.25, -0.2) is 4.79 Å². The predicted molar refractivity (Wildman–Crippen MR) is 109 cm³/mol. The van der Waals surface area contributed by atoms with Gasteiger partial charge in [-0.15, -0.1) is 0 Å². The van der Waals surface area contributed by atoms with Gasteiger partial charge < -0.3 is 14.1 Å². The molecule has 1 atom stereocenters. The molecule has 0 spiro atoms. The second-order valence-corrected chi connectivity index (χ2v) is 7.61. The number of nitrogens with one attached hydrogen (secondary N) is 1. The number of hydrogen-bond acceptors (Lipinski definition) is 3. The number of methoxy groups -OCH3 is 1. The molecule has 27 heavy (non-hydrogen) atoms. The molecule has 4 heteroatoms. The van der Waals surface area contributed by atoms with Gasteiger partial charge in [0, 0.05) is 22.6 Å². The zero-order valence-electron chi connectivity index (χ0n) is 16.8. The lowest BCUT2D eigenvalue weighted by Crippen LogP contribution is -3.06. The van der Waals surface area contributed by atoms with Crippen LogP contribution in [0.25, 0.3) is 11.0 Å². The molecule has 0 aliphatic carbocycles. The quantitative estimate of drug-likeness (QED) is 0.680. The molecule has 0 bridgehead atoms. The Morgan fingerprint density at radius 3 is 2.59 bits per heavy atom. The molecule has 3 rings (SSSR count). The monoisotopic (exact) mass is 366 g/mol. The average Bonchev–Trinajstić information content (AvgIpc) is 2.60. The van der Waals surface area contributed by atoms with Crippen LogP contribution in [0.3, 0.4) is 0 Å². The summed E-state index contributed by atoms with van der Waals surface area (Å²) in [7, 11) is 3.82. The minimum Gasteiger partial charge on any atom is -0.497 e. The first-order valence-electron chi connectivity index (χ1n) is 9.39. The van der Waals surface area contributed by atoms with Crippen molar-refractivity contribution in [2.75, 3.05) is 14.2 Å². The fraction of sp³-hybridized carbons (Fsp3) is 0.348. The van der Waals surface area contributed by atoms with Gasteiger partial charge in [0.15, 0.2) is 0 Å². The lowest BCUT2D eigenvalue weighted by molar-refractivity contribution is -0.907. The Bertz CT molecular complexity index is 1000. The summed E-state index contributed by atoms with van der Waals surface area (Å²) in [5.74, 6) is 1.29. The average molecular weight is 366 g/mol. The first-order chi connectivity index (χ1) is 12.9. The van der Waals surface area contributed by atoms with Crippen molar-refractivity contribution >= 4 is 11.0 Å². The van der Waals surface area contributed by atoms with Gasteiger partial charge in [0.25, 0.3) is 0 Å². The van der Waals surface area contributed by atoms with Crippen LogP contribution in [0.15, 0.2) is 51.7 Å². The molecule has 1 unspecified atom stereocenters. The number of fused-ring (bicyclic) bond motifs is 1. The van der Waals surface area contributed by atoms with E-state index >= 15 is 0 Å². The number of aryl methyl sites for hydroxylation is 1. The third-order valence-electron chi connectivity index (χ3n) is 4.97. The van der Waals surface area contributed by atoms with Crippen LogP contribution in [0, 0.1) is 6.92 Å². The molecule has 0 aliphatic rings. The van der Waals surface area contributed by atoms with Crippen molar-refractivity contribution in [1.82, 2.24) is 0 Å². The number of ether oxygens (including phenoxy) is 1. The Balaban J connectivity index is 1.93. The van der Waals surface area contributed by atoms with E-state index in [2.05, 4.69) is 46.0 Å². The minimum absolute atomic E-state index is 0.289. The van der Waals surface area contributed by atoms with E-state index in [1.165, 1.54) is 16.0 Å². The van der Waals surface area contributed by atoms with Crippen LogP contribution in [-0.4, -0.2) is 14.2 Å². The second-order valence-electron chi connectivity index (χ2n) is 7.61. The maximum absolute atomic E-state index is 12.1. The molecular formula is C23H28NO3+. The van der Waals surface area contributed by atoms with Gasteiger partial charge in [-0.2, -0.15) is 0 Å². The van der Waals surface area contributed by atoms with E-state index in [0.29, 0.717) is 11.5 Å². The molecule has 0 amide bonds. The van der Waals surface area contributed by atoms with E-state index in [1.807, 2.05) is 18.2 Å². The largest absolute Gasteiger partial charge is 0.497 e. The first kappa shape index (κ1) is 19.2. The highest BCUT2D eigenvalue weighted by atomic mass is 16.5. The molecule has 3 aromatic rings. The lowest BCUT2D eigenvalue weighted by Gasteiger charge is -2.17. The predicted octanol–water partition coefficient (Wildman–Crippen LogP) is 3.45. The zero-order valence-corrected chi connectivity index (χ0v) is 16.8. The van der Waals surface area contributed by atoms with Gasteiger partial charge in [-0.05, 0) is 48.2 Å². The van der Waals surface area contributed by atoms with Gasteiger partial charge in [0.05, 0.1) is 14.2 Å².